The van der Waals surface area contributed by atoms with E-state index in [2.05, 4.69) is 52.7 Å². The molecule has 2 heterocycles. The van der Waals surface area contributed by atoms with Gasteiger partial charge in [-0.05, 0) is 46.4 Å². The van der Waals surface area contributed by atoms with Crippen molar-refractivity contribution in [3.63, 3.8) is 0 Å². The van der Waals surface area contributed by atoms with Crippen LogP contribution in [-0.2, 0) is 16.1 Å². The van der Waals surface area contributed by atoms with E-state index in [9.17, 15) is 9.18 Å². The first-order valence-corrected chi connectivity index (χ1v) is 11.8. The largest absolute Gasteiger partial charge is 0.378 e. The molecule has 1 aliphatic carbocycles. The minimum absolute atomic E-state index is 0.0216. The van der Waals surface area contributed by atoms with Crippen LogP contribution in [0.1, 0.15) is 5.56 Å². The third kappa shape index (κ3) is 3.98. The molecule has 0 spiro atoms. The minimum Gasteiger partial charge on any atom is -0.378 e. The summed E-state index contributed by atoms with van der Waals surface area (Å²) in [6.45, 7) is 5.38. The number of carbonyl (C=O) groups is 1. The van der Waals surface area contributed by atoms with Crippen LogP contribution in [0.15, 0.2) is 60.7 Å². The number of halogens is 1. The second kappa shape index (κ2) is 8.43. The standard InChI is InChI=1S/C27H28FN3O2/c28-24-14-20(8-9-25(24)31-10-12-33-13-11-31)29-27(32)26-22-16-30(17-23(22)26)15-19-6-3-5-18-4-1-2-7-21(18)19/h1-9,14,22-23,26H,10-13,15-17H2,(H,29,32). The average molecular weight is 446 g/mol. The Labute approximate surface area is 193 Å². The summed E-state index contributed by atoms with van der Waals surface area (Å²) in [7, 11) is 0. The molecule has 2 unspecified atom stereocenters. The van der Waals surface area contributed by atoms with E-state index in [1.807, 2.05) is 4.90 Å². The highest BCUT2D eigenvalue weighted by Gasteiger charge is 2.59. The summed E-state index contributed by atoms with van der Waals surface area (Å²) >= 11 is 0. The minimum atomic E-state index is -0.299. The molecule has 1 N–H and O–H groups in total. The predicted octanol–water partition coefficient (Wildman–Crippen LogP) is 4.13. The van der Waals surface area contributed by atoms with Gasteiger partial charge in [0.25, 0.3) is 0 Å². The van der Waals surface area contributed by atoms with Gasteiger partial charge in [0, 0.05) is 44.3 Å². The number of nitrogens with one attached hydrogen (secondary N) is 1. The first-order chi connectivity index (χ1) is 16.2. The zero-order valence-electron chi connectivity index (χ0n) is 18.5. The molecule has 3 aliphatic rings. The first-order valence-electron chi connectivity index (χ1n) is 11.8. The Kier molecular flexibility index (Phi) is 5.27. The van der Waals surface area contributed by atoms with Gasteiger partial charge < -0.3 is 15.0 Å². The Morgan fingerprint density at radius 1 is 1.00 bits per heavy atom. The molecule has 170 valence electrons. The lowest BCUT2D eigenvalue weighted by molar-refractivity contribution is -0.118. The Bertz CT molecular complexity index is 1180. The van der Waals surface area contributed by atoms with Crippen molar-refractivity contribution in [2.24, 2.45) is 17.8 Å². The van der Waals surface area contributed by atoms with E-state index in [1.165, 1.54) is 22.4 Å². The van der Waals surface area contributed by atoms with E-state index in [0.29, 0.717) is 49.5 Å². The monoisotopic (exact) mass is 445 g/mol. The molecule has 1 amide bonds. The summed E-state index contributed by atoms with van der Waals surface area (Å²) in [6.07, 6.45) is 0. The number of nitrogens with zero attached hydrogens (tertiary/aromatic N) is 2. The fourth-order valence-corrected chi connectivity index (χ4v) is 5.67. The van der Waals surface area contributed by atoms with Crippen LogP contribution in [0.2, 0.25) is 0 Å². The van der Waals surface area contributed by atoms with Crippen LogP contribution >= 0.6 is 0 Å². The molecule has 6 rings (SSSR count). The molecule has 1 saturated carbocycles. The highest BCUT2D eigenvalue weighted by atomic mass is 19.1. The molecule has 5 nitrogen and oxygen atoms in total. The number of morpholine rings is 1. The van der Waals surface area contributed by atoms with Gasteiger partial charge in [0.05, 0.1) is 18.9 Å². The fraction of sp³-hybridized carbons (Fsp3) is 0.370. The number of hydrogen-bond acceptors (Lipinski definition) is 4. The lowest BCUT2D eigenvalue weighted by Crippen LogP contribution is -2.36. The number of piperidine rings is 1. The van der Waals surface area contributed by atoms with Gasteiger partial charge >= 0.3 is 0 Å². The molecular formula is C27H28FN3O2. The summed E-state index contributed by atoms with van der Waals surface area (Å²) in [5.74, 6) is 0.561. The summed E-state index contributed by atoms with van der Waals surface area (Å²) in [6, 6.07) is 20.0. The van der Waals surface area contributed by atoms with E-state index in [1.54, 1.807) is 12.1 Å². The van der Waals surface area contributed by atoms with Gasteiger partial charge in [0.2, 0.25) is 5.91 Å². The highest BCUT2D eigenvalue weighted by molar-refractivity contribution is 5.95. The predicted molar refractivity (Wildman–Crippen MR) is 128 cm³/mol. The van der Waals surface area contributed by atoms with E-state index in [4.69, 9.17) is 4.74 Å². The maximum absolute atomic E-state index is 14.7. The number of hydrogen-bond donors (Lipinski definition) is 1. The van der Waals surface area contributed by atoms with Crippen LogP contribution in [0.25, 0.3) is 10.8 Å². The van der Waals surface area contributed by atoms with Gasteiger partial charge in [-0.2, -0.15) is 0 Å². The summed E-state index contributed by atoms with van der Waals surface area (Å²) < 4.78 is 20.0. The van der Waals surface area contributed by atoms with Crippen LogP contribution in [0.5, 0.6) is 0 Å². The van der Waals surface area contributed by atoms with Crippen LogP contribution in [-0.4, -0.2) is 50.2 Å². The molecule has 2 aliphatic heterocycles. The molecular weight excluding hydrogens is 417 g/mol. The summed E-state index contributed by atoms with van der Waals surface area (Å²) in [5.41, 5.74) is 2.45. The Morgan fingerprint density at radius 2 is 1.76 bits per heavy atom. The number of carbonyl (C=O) groups excluding carboxylic acids is 1. The van der Waals surface area contributed by atoms with Crippen molar-refractivity contribution in [2.45, 2.75) is 6.54 Å². The number of likely N-dealkylation sites (tertiary alicyclic amines) is 1. The summed E-state index contributed by atoms with van der Waals surface area (Å²) in [5, 5.41) is 5.52. The molecule has 3 aromatic rings. The van der Waals surface area contributed by atoms with Crippen LogP contribution in [0, 0.1) is 23.6 Å². The number of rotatable bonds is 5. The van der Waals surface area contributed by atoms with E-state index >= 15 is 0 Å². The quantitative estimate of drug-likeness (QED) is 0.642. The molecule has 0 radical (unpaired) electrons. The molecule has 0 aromatic heterocycles. The average Bonchev–Trinajstić information content (AvgIpc) is 3.35. The number of fused-ring (bicyclic) bond motifs is 2. The Hall–Kier alpha value is -2.96. The normalized spacial score (nSPS) is 24.6. The molecule has 2 saturated heterocycles. The van der Waals surface area contributed by atoms with Gasteiger partial charge in [-0.1, -0.05) is 42.5 Å². The van der Waals surface area contributed by atoms with Crippen molar-refractivity contribution in [2.75, 3.05) is 49.6 Å². The van der Waals surface area contributed by atoms with Crippen molar-refractivity contribution in [1.82, 2.24) is 4.90 Å². The van der Waals surface area contributed by atoms with Crippen molar-refractivity contribution < 1.29 is 13.9 Å². The maximum atomic E-state index is 14.7. The van der Waals surface area contributed by atoms with E-state index < -0.39 is 0 Å². The molecule has 3 fully saturated rings. The van der Waals surface area contributed by atoms with Crippen molar-refractivity contribution in [3.8, 4) is 0 Å². The zero-order valence-corrected chi connectivity index (χ0v) is 18.5. The number of anilines is 2. The van der Waals surface area contributed by atoms with Crippen LogP contribution < -0.4 is 10.2 Å². The van der Waals surface area contributed by atoms with Crippen LogP contribution in [0.4, 0.5) is 15.8 Å². The Morgan fingerprint density at radius 3 is 2.55 bits per heavy atom. The van der Waals surface area contributed by atoms with Gasteiger partial charge in [0.15, 0.2) is 0 Å². The van der Waals surface area contributed by atoms with E-state index in [-0.39, 0.29) is 17.6 Å². The molecule has 33 heavy (non-hydrogen) atoms. The van der Waals surface area contributed by atoms with Gasteiger partial charge in [-0.3, -0.25) is 9.69 Å². The second-order valence-electron chi connectivity index (χ2n) is 9.44. The molecule has 3 aromatic carbocycles. The van der Waals surface area contributed by atoms with Gasteiger partial charge in [0.1, 0.15) is 5.82 Å². The second-order valence-corrected chi connectivity index (χ2v) is 9.44. The number of ether oxygens (including phenoxy) is 1. The third-order valence-electron chi connectivity index (χ3n) is 7.41. The third-order valence-corrected chi connectivity index (χ3v) is 7.41. The number of amides is 1. The van der Waals surface area contributed by atoms with Crippen LogP contribution in [0.3, 0.4) is 0 Å². The molecule has 6 heteroatoms. The summed E-state index contributed by atoms with van der Waals surface area (Å²) in [4.78, 5) is 17.3. The van der Waals surface area contributed by atoms with Gasteiger partial charge in [-0.25, -0.2) is 4.39 Å². The lowest BCUT2D eigenvalue weighted by atomic mass is 10.0. The smallest absolute Gasteiger partial charge is 0.228 e. The molecule has 0 bridgehead atoms. The Balaban J connectivity index is 1.05. The van der Waals surface area contributed by atoms with Crippen molar-refractivity contribution in [3.05, 3.63) is 72.0 Å². The lowest BCUT2D eigenvalue weighted by Gasteiger charge is -2.29. The van der Waals surface area contributed by atoms with Crippen molar-refractivity contribution in [1.29, 1.82) is 0 Å². The van der Waals surface area contributed by atoms with E-state index in [0.717, 1.165) is 19.6 Å². The maximum Gasteiger partial charge on any atom is 0.228 e. The molecule has 2 atom stereocenters. The number of benzene rings is 3. The topological polar surface area (TPSA) is 44.8 Å². The zero-order chi connectivity index (χ0) is 22.4. The van der Waals surface area contributed by atoms with Gasteiger partial charge in [-0.15, -0.1) is 0 Å². The highest BCUT2D eigenvalue weighted by Crippen LogP contribution is 2.52. The SMILES string of the molecule is O=C(Nc1ccc(N2CCOCC2)c(F)c1)C1C2CN(Cc3cccc4ccccc34)CC21. The van der Waals surface area contributed by atoms with Crippen molar-refractivity contribution >= 4 is 28.1 Å². The fourth-order valence-electron chi connectivity index (χ4n) is 5.67. The first kappa shape index (κ1) is 20.6.